The first-order valence-corrected chi connectivity index (χ1v) is 6.39. The molecule has 1 aromatic carbocycles. The van der Waals surface area contributed by atoms with Crippen molar-refractivity contribution in [2.24, 2.45) is 5.10 Å². The van der Waals surface area contributed by atoms with Crippen molar-refractivity contribution in [2.45, 2.75) is 0 Å². The minimum absolute atomic E-state index is 0.162. The Morgan fingerprint density at radius 1 is 1.33 bits per heavy atom. The normalized spacial score (nSPS) is 10.2. The van der Waals surface area contributed by atoms with Gasteiger partial charge in [-0.2, -0.15) is 5.10 Å². The molecule has 0 aliphatic carbocycles. The third kappa shape index (κ3) is 7.56. The van der Waals surface area contributed by atoms with Gasteiger partial charge in [-0.3, -0.25) is 9.80 Å². The number of rotatable bonds is 7. The Kier molecular flexibility index (Phi) is 7.34. The summed E-state index contributed by atoms with van der Waals surface area (Å²) in [5.74, 6) is -0.531. The van der Waals surface area contributed by atoms with E-state index in [1.54, 1.807) is 18.3 Å². The van der Waals surface area contributed by atoms with E-state index in [-0.39, 0.29) is 13.2 Å². The predicted molar refractivity (Wildman–Crippen MR) is 78.0 cm³/mol. The number of carbonyl (C=O) groups excluding carboxylic acids is 2. The molecular formula is C14H19N3O4. The molecule has 0 radical (unpaired) electrons. The van der Waals surface area contributed by atoms with Gasteiger partial charge in [-0.25, -0.2) is 4.79 Å². The van der Waals surface area contributed by atoms with E-state index in [9.17, 15) is 9.59 Å². The van der Waals surface area contributed by atoms with Gasteiger partial charge in [-0.05, 0) is 5.56 Å². The quantitative estimate of drug-likeness (QED) is 0.458. The Labute approximate surface area is 123 Å². The number of hydrogen-bond donors (Lipinski definition) is 1. The van der Waals surface area contributed by atoms with E-state index in [1.165, 1.54) is 7.11 Å². The minimum atomic E-state index is -0.666. The summed E-state index contributed by atoms with van der Waals surface area (Å²) >= 11 is 0. The van der Waals surface area contributed by atoms with Crippen LogP contribution in [0.1, 0.15) is 5.56 Å². The van der Waals surface area contributed by atoms with Crippen molar-refractivity contribution in [3.8, 4) is 0 Å². The van der Waals surface area contributed by atoms with Crippen LogP contribution in [0.25, 0.3) is 0 Å². The van der Waals surface area contributed by atoms with Crippen molar-refractivity contribution in [3.63, 3.8) is 0 Å². The third-order valence-electron chi connectivity index (χ3n) is 2.46. The maximum Gasteiger partial charge on any atom is 0.407 e. The van der Waals surface area contributed by atoms with Gasteiger partial charge in [-0.1, -0.05) is 30.3 Å². The second-order valence-corrected chi connectivity index (χ2v) is 4.10. The first-order chi connectivity index (χ1) is 10.1. The molecule has 0 aliphatic rings. The Morgan fingerprint density at radius 3 is 2.71 bits per heavy atom. The fraction of sp³-hybridized carbons (Fsp3) is 0.357. The number of nitrogens with one attached hydrogen (secondary N) is 1. The van der Waals surface area contributed by atoms with Gasteiger partial charge in [0.1, 0.15) is 13.2 Å². The molecule has 0 aromatic heterocycles. The molecule has 0 fully saturated rings. The van der Waals surface area contributed by atoms with E-state index in [4.69, 9.17) is 4.74 Å². The van der Waals surface area contributed by atoms with Crippen LogP contribution in [0, 0.1) is 0 Å². The van der Waals surface area contributed by atoms with Gasteiger partial charge in [0.2, 0.25) is 0 Å². The standard InChI is InChI=1S/C14H19N3O4/c1-17(16-10-12-6-4-3-5-7-12)8-9-21-14(19)15-11-13(18)20-2/h3-7,10H,8-9,11H2,1-2H3,(H,15,19)/b16-10+. The minimum Gasteiger partial charge on any atom is -0.468 e. The molecule has 0 bridgehead atoms. The molecule has 21 heavy (non-hydrogen) atoms. The van der Waals surface area contributed by atoms with Gasteiger partial charge in [-0.15, -0.1) is 0 Å². The van der Waals surface area contributed by atoms with Crippen molar-refractivity contribution in [2.75, 3.05) is 33.9 Å². The highest BCUT2D eigenvalue weighted by atomic mass is 16.6. The van der Waals surface area contributed by atoms with E-state index in [0.717, 1.165) is 5.56 Å². The molecule has 0 spiro atoms. The molecule has 0 unspecified atom stereocenters. The van der Waals surface area contributed by atoms with Crippen LogP contribution in [0.15, 0.2) is 35.4 Å². The number of alkyl carbamates (subject to hydrolysis) is 1. The summed E-state index contributed by atoms with van der Waals surface area (Å²) in [6.07, 6.45) is 1.05. The molecule has 1 rings (SSSR count). The Morgan fingerprint density at radius 2 is 2.05 bits per heavy atom. The zero-order chi connectivity index (χ0) is 15.5. The fourth-order valence-electron chi connectivity index (χ4n) is 1.30. The maximum absolute atomic E-state index is 11.2. The molecule has 0 aliphatic heterocycles. The second-order valence-electron chi connectivity index (χ2n) is 4.10. The lowest BCUT2D eigenvalue weighted by Crippen LogP contribution is -2.32. The van der Waals surface area contributed by atoms with Crippen molar-refractivity contribution in [1.82, 2.24) is 10.3 Å². The molecule has 114 valence electrons. The number of likely N-dealkylation sites (N-methyl/N-ethyl adjacent to an activating group) is 1. The Hall–Kier alpha value is -2.57. The average Bonchev–Trinajstić information content (AvgIpc) is 2.51. The van der Waals surface area contributed by atoms with E-state index in [2.05, 4.69) is 15.2 Å². The summed E-state index contributed by atoms with van der Waals surface area (Å²) in [4.78, 5) is 22.0. The number of carbonyl (C=O) groups is 2. The highest BCUT2D eigenvalue weighted by Crippen LogP contribution is 1.95. The smallest absolute Gasteiger partial charge is 0.407 e. The van der Waals surface area contributed by atoms with Crippen LogP contribution in [-0.2, 0) is 14.3 Å². The van der Waals surface area contributed by atoms with Gasteiger partial charge in [0.25, 0.3) is 0 Å². The number of amides is 1. The molecule has 7 nitrogen and oxygen atoms in total. The molecule has 1 amide bonds. The van der Waals surface area contributed by atoms with E-state index >= 15 is 0 Å². The Balaban J connectivity index is 2.18. The number of benzene rings is 1. The fourth-order valence-corrected chi connectivity index (χ4v) is 1.30. The van der Waals surface area contributed by atoms with Crippen molar-refractivity contribution in [1.29, 1.82) is 0 Å². The highest BCUT2D eigenvalue weighted by molar-refractivity contribution is 5.79. The van der Waals surface area contributed by atoms with E-state index in [0.29, 0.717) is 6.54 Å². The highest BCUT2D eigenvalue weighted by Gasteiger charge is 2.05. The lowest BCUT2D eigenvalue weighted by atomic mass is 10.2. The Bertz CT molecular complexity index is 476. The number of nitrogens with zero attached hydrogens (tertiary/aromatic N) is 2. The van der Waals surface area contributed by atoms with Crippen LogP contribution in [-0.4, -0.2) is 57.1 Å². The number of hydrogen-bond acceptors (Lipinski definition) is 6. The summed E-state index contributed by atoms with van der Waals surface area (Å²) in [6.45, 7) is 0.391. The van der Waals surface area contributed by atoms with Crippen molar-refractivity contribution < 1.29 is 19.1 Å². The van der Waals surface area contributed by atoms with Gasteiger partial charge < -0.3 is 14.8 Å². The van der Waals surface area contributed by atoms with Crippen molar-refractivity contribution >= 4 is 18.3 Å². The van der Waals surface area contributed by atoms with Gasteiger partial charge >= 0.3 is 12.1 Å². The molecule has 0 saturated heterocycles. The topological polar surface area (TPSA) is 80.2 Å². The first-order valence-electron chi connectivity index (χ1n) is 6.39. The molecular weight excluding hydrogens is 274 g/mol. The van der Waals surface area contributed by atoms with Crippen LogP contribution in [0.5, 0.6) is 0 Å². The summed E-state index contributed by atoms with van der Waals surface area (Å²) in [5.41, 5.74) is 0.987. The van der Waals surface area contributed by atoms with E-state index < -0.39 is 12.1 Å². The summed E-state index contributed by atoms with van der Waals surface area (Å²) < 4.78 is 9.27. The summed E-state index contributed by atoms with van der Waals surface area (Å²) in [7, 11) is 3.02. The maximum atomic E-state index is 11.2. The van der Waals surface area contributed by atoms with Crippen molar-refractivity contribution in [3.05, 3.63) is 35.9 Å². The molecule has 1 N–H and O–H groups in total. The number of esters is 1. The largest absolute Gasteiger partial charge is 0.468 e. The van der Waals surface area contributed by atoms with Crippen LogP contribution in [0.2, 0.25) is 0 Å². The third-order valence-corrected chi connectivity index (χ3v) is 2.46. The molecule has 0 saturated carbocycles. The summed E-state index contributed by atoms with van der Waals surface area (Å²) in [5, 5.41) is 8.13. The van der Waals surface area contributed by atoms with Gasteiger partial charge in [0.15, 0.2) is 0 Å². The zero-order valence-corrected chi connectivity index (χ0v) is 12.1. The molecule has 0 heterocycles. The lowest BCUT2D eigenvalue weighted by Gasteiger charge is -2.12. The van der Waals surface area contributed by atoms with Gasteiger partial charge in [0.05, 0.1) is 19.9 Å². The lowest BCUT2D eigenvalue weighted by molar-refractivity contribution is -0.139. The van der Waals surface area contributed by atoms with Crippen LogP contribution in [0.3, 0.4) is 0 Å². The zero-order valence-electron chi connectivity index (χ0n) is 12.1. The van der Waals surface area contributed by atoms with Crippen LogP contribution < -0.4 is 5.32 Å². The van der Waals surface area contributed by atoms with Gasteiger partial charge in [0, 0.05) is 7.05 Å². The van der Waals surface area contributed by atoms with E-state index in [1.807, 2.05) is 30.3 Å². The van der Waals surface area contributed by atoms with Crippen LogP contribution in [0.4, 0.5) is 4.79 Å². The number of ether oxygens (including phenoxy) is 2. The second kappa shape index (κ2) is 9.35. The average molecular weight is 293 g/mol. The summed E-state index contributed by atoms with van der Waals surface area (Å²) in [6, 6.07) is 9.66. The molecule has 1 aromatic rings. The first kappa shape index (κ1) is 16.5. The number of methoxy groups -OCH3 is 1. The number of hydrazone groups is 1. The molecule has 7 heteroatoms. The van der Waals surface area contributed by atoms with Crippen LogP contribution >= 0.6 is 0 Å². The molecule has 0 atom stereocenters. The predicted octanol–water partition coefficient (Wildman–Crippen LogP) is 0.852. The monoisotopic (exact) mass is 293 g/mol. The SMILES string of the molecule is COC(=O)CNC(=O)OCCN(C)/N=C/c1ccccc1.